The van der Waals surface area contributed by atoms with Crippen molar-refractivity contribution >= 4 is 23.7 Å². The predicted octanol–water partition coefficient (Wildman–Crippen LogP) is 3.19. The number of aromatic nitrogens is 2. The molecule has 2 aromatic heterocycles. The Morgan fingerprint density at radius 2 is 1.72 bits per heavy atom. The largest absolute Gasteiger partial charge is 0.493 e. The van der Waals surface area contributed by atoms with E-state index in [1.807, 2.05) is 24.3 Å². The quantitative estimate of drug-likeness (QED) is 0.256. The van der Waals surface area contributed by atoms with Crippen LogP contribution in [0, 0.1) is 0 Å². The number of methoxy groups -OCH3 is 2. The number of fused-ring (bicyclic) bond motifs is 1. The molecule has 1 aliphatic heterocycles. The molecule has 0 saturated heterocycles. The van der Waals surface area contributed by atoms with Gasteiger partial charge in [-0.25, -0.2) is 0 Å². The van der Waals surface area contributed by atoms with E-state index < -0.39 is 5.56 Å². The molecule has 240 valence electrons. The lowest BCUT2D eigenvalue weighted by Gasteiger charge is -2.29. The van der Waals surface area contributed by atoms with Crippen LogP contribution in [0.1, 0.15) is 38.4 Å². The zero-order chi connectivity index (χ0) is 32.9. The number of rotatable bonds is 9. The van der Waals surface area contributed by atoms with Crippen molar-refractivity contribution in [1.82, 2.24) is 14.5 Å². The highest BCUT2D eigenvalue weighted by atomic mass is 16.5. The number of hydrogen-bond acceptors (Lipinski definition) is 7. The molecule has 3 aromatic carbocycles. The summed E-state index contributed by atoms with van der Waals surface area (Å²) in [5.74, 6) is 1.70. The monoisotopic (exact) mass is 632 g/mol. The Bertz CT molecular complexity index is 2150. The van der Waals surface area contributed by atoms with Gasteiger partial charge in [-0.1, -0.05) is 24.3 Å². The molecule has 0 saturated carbocycles. The molecule has 47 heavy (non-hydrogen) atoms. The van der Waals surface area contributed by atoms with Gasteiger partial charge in [-0.3, -0.25) is 19.3 Å². The lowest BCUT2D eigenvalue weighted by molar-refractivity contribution is 0.102. The molecule has 0 fully saturated rings. The number of nitrogens with one attached hydrogen (secondary N) is 2. The van der Waals surface area contributed by atoms with Crippen LogP contribution in [-0.2, 0) is 26.4 Å². The molecule has 0 spiro atoms. The van der Waals surface area contributed by atoms with Crippen LogP contribution < -0.4 is 36.6 Å². The fourth-order valence-corrected chi connectivity index (χ4v) is 5.76. The summed E-state index contributed by atoms with van der Waals surface area (Å²) in [7, 11) is 4.85. The second-order valence-electron chi connectivity index (χ2n) is 11.4. The number of anilines is 1. The topological polar surface area (TPSA) is 119 Å². The molecule has 0 unspecified atom stereocenters. The lowest BCUT2D eigenvalue weighted by atomic mass is 9.98. The smallest absolute Gasteiger partial charge is 0.274 e. The van der Waals surface area contributed by atoms with E-state index in [9.17, 15) is 14.4 Å². The highest BCUT2D eigenvalue weighted by molar-refractivity contribution is 6.04. The van der Waals surface area contributed by atoms with E-state index in [0.717, 1.165) is 44.0 Å². The van der Waals surface area contributed by atoms with Crippen molar-refractivity contribution in [2.75, 3.05) is 32.6 Å². The Hall–Kier alpha value is -5.61. The number of H-pyrrole nitrogens is 1. The molecule has 0 aliphatic carbocycles. The highest BCUT2D eigenvalue weighted by Crippen LogP contribution is 2.33. The van der Waals surface area contributed by atoms with Gasteiger partial charge in [0.05, 0.1) is 20.5 Å². The average Bonchev–Trinajstić information content (AvgIpc) is 3.61. The molecule has 0 bridgehead atoms. The second kappa shape index (κ2) is 13.8. The Balaban J connectivity index is 1.09. The van der Waals surface area contributed by atoms with E-state index in [-0.39, 0.29) is 22.2 Å². The normalized spacial score (nSPS) is 13.8. The van der Waals surface area contributed by atoms with Crippen LogP contribution in [-0.4, -0.2) is 47.7 Å². The Kier molecular flexibility index (Phi) is 9.21. The zero-order valence-electron chi connectivity index (χ0n) is 26.5. The van der Waals surface area contributed by atoms with Crippen LogP contribution in [0.2, 0.25) is 0 Å². The van der Waals surface area contributed by atoms with E-state index >= 15 is 0 Å². The minimum atomic E-state index is -0.435. The highest BCUT2D eigenvalue weighted by Gasteiger charge is 2.19. The molecule has 0 radical (unpaired) electrons. The summed E-state index contributed by atoms with van der Waals surface area (Å²) in [6.45, 7) is 2.76. The van der Waals surface area contributed by atoms with Gasteiger partial charge in [0, 0.05) is 44.0 Å². The van der Waals surface area contributed by atoms with E-state index in [0.29, 0.717) is 22.6 Å². The third-order valence-corrected chi connectivity index (χ3v) is 8.38. The predicted molar refractivity (Wildman–Crippen MR) is 180 cm³/mol. The molecular formula is C37H36N4O6. The molecule has 2 N–H and O–H groups in total. The molecule has 10 nitrogen and oxygen atoms in total. The second-order valence-corrected chi connectivity index (χ2v) is 11.4. The number of furan rings is 1. The minimum absolute atomic E-state index is 0.107. The number of carbonyl (C=O) groups excluding carboxylic acids is 1. The van der Waals surface area contributed by atoms with Gasteiger partial charge in [-0.05, 0) is 89.7 Å². The number of hydrogen-bond donors (Lipinski definition) is 2. The van der Waals surface area contributed by atoms with Crippen molar-refractivity contribution in [3.8, 4) is 11.5 Å². The number of amides is 1. The minimum Gasteiger partial charge on any atom is -0.493 e. The number of nitrogens with zero attached hydrogens (tertiary/aromatic N) is 2. The zero-order valence-corrected chi connectivity index (χ0v) is 26.5. The third-order valence-electron chi connectivity index (χ3n) is 8.38. The molecule has 0 atom stereocenters. The maximum atomic E-state index is 13.1. The summed E-state index contributed by atoms with van der Waals surface area (Å²) in [5, 5.41) is 3.22. The van der Waals surface area contributed by atoms with Crippen LogP contribution in [0.5, 0.6) is 11.5 Å². The number of ether oxygens (including phenoxy) is 2. The summed E-state index contributed by atoms with van der Waals surface area (Å²) in [4.78, 5) is 44.0. The number of carbonyl (C=O) groups is 1. The van der Waals surface area contributed by atoms with Crippen molar-refractivity contribution < 1.29 is 18.7 Å². The standard InChI is InChI=1S/C37H36N4O6/c1-40-32(22-30-8-5-17-47-30)36(43)39-31(37(40)44)19-25-6-4-7-27(18-25)35(42)38-29-11-9-24(10-12-29)13-15-41-16-14-26-20-33(45-2)34(46-3)21-28(26)23-41/h4-12,17-22H,13-16,23H2,1-3H3,(H,38,42)(H,39,43)/b31-19-,32-22-. The van der Waals surface area contributed by atoms with Gasteiger partial charge in [-0.2, -0.15) is 0 Å². The Morgan fingerprint density at radius 1 is 0.957 bits per heavy atom. The number of aromatic amines is 1. The van der Waals surface area contributed by atoms with Gasteiger partial charge in [0.1, 0.15) is 16.5 Å². The third kappa shape index (κ3) is 7.13. The van der Waals surface area contributed by atoms with Crippen LogP contribution in [0.4, 0.5) is 5.69 Å². The fourth-order valence-electron chi connectivity index (χ4n) is 5.76. The van der Waals surface area contributed by atoms with Crippen molar-refractivity contribution in [3.05, 3.63) is 144 Å². The maximum absolute atomic E-state index is 13.1. The van der Waals surface area contributed by atoms with Crippen LogP contribution in [0.25, 0.3) is 12.2 Å². The van der Waals surface area contributed by atoms with E-state index in [1.54, 1.807) is 56.7 Å². The van der Waals surface area contributed by atoms with Gasteiger partial charge >= 0.3 is 0 Å². The van der Waals surface area contributed by atoms with E-state index in [4.69, 9.17) is 13.9 Å². The first-order chi connectivity index (χ1) is 22.8. The van der Waals surface area contributed by atoms with E-state index in [2.05, 4.69) is 27.3 Å². The van der Waals surface area contributed by atoms with Crippen molar-refractivity contribution in [3.63, 3.8) is 0 Å². The van der Waals surface area contributed by atoms with Crippen molar-refractivity contribution in [1.29, 1.82) is 0 Å². The summed E-state index contributed by atoms with van der Waals surface area (Å²) >= 11 is 0. The summed E-state index contributed by atoms with van der Waals surface area (Å²) in [6, 6.07) is 22.3. The Labute approximate surface area is 271 Å². The van der Waals surface area contributed by atoms with Crippen molar-refractivity contribution in [2.45, 2.75) is 19.4 Å². The molecule has 5 aromatic rings. The van der Waals surface area contributed by atoms with Gasteiger partial charge in [0.25, 0.3) is 17.0 Å². The number of benzene rings is 3. The maximum Gasteiger partial charge on any atom is 0.274 e. The average molecular weight is 633 g/mol. The summed E-state index contributed by atoms with van der Waals surface area (Å²) < 4.78 is 17.5. The lowest BCUT2D eigenvalue weighted by Crippen LogP contribution is -2.52. The molecule has 3 heterocycles. The molecule has 1 amide bonds. The van der Waals surface area contributed by atoms with Crippen molar-refractivity contribution in [2.24, 2.45) is 7.05 Å². The molecular weight excluding hydrogens is 596 g/mol. The van der Waals surface area contributed by atoms with Gasteiger partial charge in [0.2, 0.25) is 0 Å². The SMILES string of the molecule is COc1cc2c(cc1OC)CN(CCc1ccc(NC(=O)c3cccc(/C=c4\[nH]c(=O)/c(=C/c5ccco5)n(C)c4=O)c3)cc1)CC2. The molecule has 10 heteroatoms. The van der Waals surface area contributed by atoms with Gasteiger partial charge in [0.15, 0.2) is 11.5 Å². The summed E-state index contributed by atoms with van der Waals surface area (Å²) in [6.07, 6.45) is 6.40. The van der Waals surface area contributed by atoms with Crippen LogP contribution in [0.3, 0.4) is 0 Å². The van der Waals surface area contributed by atoms with Gasteiger partial charge in [-0.15, -0.1) is 0 Å². The van der Waals surface area contributed by atoms with Crippen LogP contribution in [0.15, 0.2) is 93.1 Å². The molecule has 6 rings (SSSR count). The molecule has 1 aliphatic rings. The summed E-state index contributed by atoms with van der Waals surface area (Å²) in [5.41, 5.74) is 4.63. The van der Waals surface area contributed by atoms with Gasteiger partial charge < -0.3 is 28.8 Å². The van der Waals surface area contributed by atoms with Crippen LogP contribution >= 0.6 is 0 Å². The Morgan fingerprint density at radius 3 is 2.45 bits per heavy atom. The first-order valence-corrected chi connectivity index (χ1v) is 15.3. The van der Waals surface area contributed by atoms with E-state index in [1.165, 1.54) is 40.6 Å². The fraction of sp³-hybridized carbons (Fsp3) is 0.216. The first-order valence-electron chi connectivity index (χ1n) is 15.3. The first kappa shape index (κ1) is 31.4.